The molecule has 1 unspecified atom stereocenters. The summed E-state index contributed by atoms with van der Waals surface area (Å²) in [6.45, 7) is 5.49. The van der Waals surface area contributed by atoms with E-state index in [4.69, 9.17) is 10.00 Å². The van der Waals surface area contributed by atoms with Gasteiger partial charge in [0.1, 0.15) is 5.75 Å². The molecular formula is C30H39N3O. The summed E-state index contributed by atoms with van der Waals surface area (Å²) in [7, 11) is 0. The van der Waals surface area contributed by atoms with Crippen LogP contribution in [0.2, 0.25) is 0 Å². The molecule has 4 nitrogen and oxygen atoms in total. The second kappa shape index (κ2) is 10.9. The van der Waals surface area contributed by atoms with Crippen LogP contribution in [0.4, 0.5) is 0 Å². The molecule has 0 spiro atoms. The second-order valence-electron chi connectivity index (χ2n) is 10.5. The van der Waals surface area contributed by atoms with Gasteiger partial charge in [-0.3, -0.25) is 0 Å². The maximum atomic E-state index is 8.90. The Morgan fingerprint density at radius 3 is 2.44 bits per heavy atom. The standard InChI is InChI=1S/C30H39N3O/c31-23-24-11-13-28(14-12-24)34-22-6-5-19-33-20-16-27(17-21-33)30(26-8-2-3-9-26)29-10-4-1-7-25(29)15-18-32-30/h1,4,7,10-14,26-27,32H,2-3,5-6,8-9,15-22H2. The number of rotatable bonds is 8. The Hall–Kier alpha value is -2.35. The van der Waals surface area contributed by atoms with Crippen LogP contribution in [0.25, 0.3) is 0 Å². The summed E-state index contributed by atoms with van der Waals surface area (Å²) in [6.07, 6.45) is 11.6. The smallest absolute Gasteiger partial charge is 0.119 e. The lowest BCUT2D eigenvalue weighted by atomic mass is 9.63. The zero-order chi connectivity index (χ0) is 23.2. The van der Waals surface area contributed by atoms with Crippen molar-refractivity contribution >= 4 is 0 Å². The predicted molar refractivity (Wildman–Crippen MR) is 137 cm³/mol. The molecule has 2 heterocycles. The lowest BCUT2D eigenvalue weighted by molar-refractivity contribution is 0.0550. The van der Waals surface area contributed by atoms with E-state index in [9.17, 15) is 0 Å². The van der Waals surface area contributed by atoms with Gasteiger partial charge in [-0.25, -0.2) is 0 Å². The minimum Gasteiger partial charge on any atom is -0.494 e. The second-order valence-corrected chi connectivity index (χ2v) is 10.5. The van der Waals surface area contributed by atoms with E-state index in [0.717, 1.165) is 37.2 Å². The number of hydrogen-bond acceptors (Lipinski definition) is 4. The van der Waals surface area contributed by atoms with E-state index in [2.05, 4.69) is 40.6 Å². The summed E-state index contributed by atoms with van der Waals surface area (Å²) < 4.78 is 5.86. The minimum atomic E-state index is 0.201. The van der Waals surface area contributed by atoms with E-state index in [1.165, 1.54) is 71.0 Å². The van der Waals surface area contributed by atoms with Gasteiger partial charge in [-0.1, -0.05) is 37.1 Å². The topological polar surface area (TPSA) is 48.3 Å². The van der Waals surface area contributed by atoms with Crippen LogP contribution in [-0.2, 0) is 12.0 Å². The quantitative estimate of drug-likeness (QED) is 0.520. The van der Waals surface area contributed by atoms with Crippen molar-refractivity contribution in [3.05, 3.63) is 65.2 Å². The molecule has 5 rings (SSSR count). The van der Waals surface area contributed by atoms with E-state index in [-0.39, 0.29) is 5.54 Å². The van der Waals surface area contributed by atoms with Crippen LogP contribution in [0.5, 0.6) is 5.75 Å². The van der Waals surface area contributed by atoms with Gasteiger partial charge in [-0.2, -0.15) is 5.26 Å². The molecule has 0 radical (unpaired) electrons. The summed E-state index contributed by atoms with van der Waals surface area (Å²) in [5, 5.41) is 13.0. The fraction of sp³-hybridized carbons (Fsp3) is 0.567. The third-order valence-corrected chi connectivity index (χ3v) is 8.63. The molecular weight excluding hydrogens is 418 g/mol. The third kappa shape index (κ3) is 4.88. The van der Waals surface area contributed by atoms with Gasteiger partial charge in [0.05, 0.1) is 18.2 Å². The molecule has 2 aliphatic heterocycles. The van der Waals surface area contributed by atoms with Gasteiger partial charge in [0.2, 0.25) is 0 Å². The number of fused-ring (bicyclic) bond motifs is 1. The van der Waals surface area contributed by atoms with Crippen molar-refractivity contribution in [3.8, 4) is 11.8 Å². The van der Waals surface area contributed by atoms with Crippen LogP contribution in [0.15, 0.2) is 48.5 Å². The molecule has 180 valence electrons. The number of nitrogens with zero attached hydrogens (tertiary/aromatic N) is 2. The molecule has 1 aliphatic carbocycles. The number of hydrogen-bond donors (Lipinski definition) is 1. The molecule has 2 aromatic rings. The highest BCUT2D eigenvalue weighted by Crippen LogP contribution is 2.50. The van der Waals surface area contributed by atoms with Crippen molar-refractivity contribution in [3.63, 3.8) is 0 Å². The largest absolute Gasteiger partial charge is 0.494 e. The summed E-state index contributed by atoms with van der Waals surface area (Å²) in [5.74, 6) is 2.40. The maximum absolute atomic E-state index is 8.90. The number of likely N-dealkylation sites (tertiary alicyclic amines) is 1. The van der Waals surface area contributed by atoms with E-state index in [1.807, 2.05) is 24.3 Å². The van der Waals surface area contributed by atoms with E-state index < -0.39 is 0 Å². The first-order valence-electron chi connectivity index (χ1n) is 13.5. The van der Waals surface area contributed by atoms with E-state index >= 15 is 0 Å². The first-order valence-corrected chi connectivity index (χ1v) is 13.5. The normalized spacial score (nSPS) is 24.0. The average molecular weight is 458 g/mol. The van der Waals surface area contributed by atoms with Gasteiger partial charge >= 0.3 is 0 Å². The van der Waals surface area contributed by atoms with Crippen LogP contribution >= 0.6 is 0 Å². The molecule has 0 bridgehead atoms. The number of benzene rings is 2. The first-order chi connectivity index (χ1) is 16.8. The number of unbranched alkanes of at least 4 members (excludes halogenated alkanes) is 1. The van der Waals surface area contributed by atoms with Crippen LogP contribution in [-0.4, -0.2) is 37.7 Å². The van der Waals surface area contributed by atoms with Crippen LogP contribution in [0.1, 0.15) is 68.1 Å². The van der Waals surface area contributed by atoms with E-state index in [1.54, 1.807) is 11.1 Å². The van der Waals surface area contributed by atoms with Crippen molar-refractivity contribution in [1.82, 2.24) is 10.2 Å². The molecule has 1 N–H and O–H groups in total. The van der Waals surface area contributed by atoms with Crippen LogP contribution < -0.4 is 10.1 Å². The highest BCUT2D eigenvalue weighted by molar-refractivity contribution is 5.38. The molecule has 1 atom stereocenters. The van der Waals surface area contributed by atoms with Crippen molar-refractivity contribution in [1.29, 1.82) is 5.26 Å². The van der Waals surface area contributed by atoms with Crippen molar-refractivity contribution in [2.45, 2.75) is 63.3 Å². The highest BCUT2D eigenvalue weighted by atomic mass is 16.5. The summed E-state index contributed by atoms with van der Waals surface area (Å²) >= 11 is 0. The van der Waals surface area contributed by atoms with Crippen molar-refractivity contribution in [2.75, 3.05) is 32.8 Å². The monoisotopic (exact) mass is 457 g/mol. The fourth-order valence-electron chi connectivity index (χ4n) is 6.95. The Kier molecular flexibility index (Phi) is 7.52. The van der Waals surface area contributed by atoms with E-state index in [0.29, 0.717) is 5.56 Å². The highest BCUT2D eigenvalue weighted by Gasteiger charge is 2.49. The Balaban J connectivity index is 1.13. The minimum absolute atomic E-state index is 0.201. The van der Waals surface area contributed by atoms with Crippen molar-refractivity contribution in [2.24, 2.45) is 11.8 Å². The first kappa shape index (κ1) is 23.4. The van der Waals surface area contributed by atoms with Gasteiger partial charge in [0, 0.05) is 12.1 Å². The lowest BCUT2D eigenvalue weighted by Gasteiger charge is -2.52. The Morgan fingerprint density at radius 1 is 0.941 bits per heavy atom. The molecule has 1 saturated heterocycles. The molecule has 1 saturated carbocycles. The molecule has 0 amide bonds. The lowest BCUT2D eigenvalue weighted by Crippen LogP contribution is -2.58. The number of nitriles is 1. The molecule has 2 fully saturated rings. The summed E-state index contributed by atoms with van der Waals surface area (Å²) in [6, 6.07) is 18.9. The van der Waals surface area contributed by atoms with Crippen LogP contribution in [0, 0.1) is 23.2 Å². The zero-order valence-electron chi connectivity index (χ0n) is 20.5. The van der Waals surface area contributed by atoms with Gasteiger partial charge in [-0.05, 0) is 112 Å². The number of ether oxygens (including phenoxy) is 1. The number of nitrogens with one attached hydrogen (secondary N) is 1. The maximum Gasteiger partial charge on any atom is 0.119 e. The zero-order valence-corrected chi connectivity index (χ0v) is 20.5. The molecule has 0 aromatic heterocycles. The SMILES string of the molecule is N#Cc1ccc(OCCCCN2CCC(C3(C4CCCC4)NCCc4ccccc43)CC2)cc1. The van der Waals surface area contributed by atoms with Gasteiger partial charge in [-0.15, -0.1) is 0 Å². The Bertz CT molecular complexity index is 967. The Morgan fingerprint density at radius 2 is 1.68 bits per heavy atom. The van der Waals surface area contributed by atoms with Crippen LogP contribution in [0.3, 0.4) is 0 Å². The number of piperidine rings is 1. The third-order valence-electron chi connectivity index (χ3n) is 8.63. The molecule has 3 aliphatic rings. The predicted octanol–water partition coefficient (Wildman–Crippen LogP) is 5.66. The molecule has 2 aromatic carbocycles. The van der Waals surface area contributed by atoms with Gasteiger partial charge in [0.15, 0.2) is 0 Å². The summed E-state index contributed by atoms with van der Waals surface area (Å²) in [5.41, 5.74) is 4.11. The summed E-state index contributed by atoms with van der Waals surface area (Å²) in [4.78, 5) is 2.68. The molecule has 4 heteroatoms. The molecule has 34 heavy (non-hydrogen) atoms. The van der Waals surface area contributed by atoms with Gasteiger partial charge < -0.3 is 15.0 Å². The average Bonchev–Trinajstić information content (AvgIpc) is 3.44. The van der Waals surface area contributed by atoms with Gasteiger partial charge in [0.25, 0.3) is 0 Å². The Labute approximate surface area is 205 Å². The van der Waals surface area contributed by atoms with Crippen molar-refractivity contribution < 1.29 is 4.74 Å². The fourth-order valence-corrected chi connectivity index (χ4v) is 6.95.